The zero-order valence-electron chi connectivity index (χ0n) is 11.6. The number of nitrogens with one attached hydrogen (secondary N) is 3. The second kappa shape index (κ2) is 8.89. The molecule has 0 fully saturated rings. The van der Waals surface area contributed by atoms with E-state index in [4.69, 9.17) is 12.2 Å². The van der Waals surface area contributed by atoms with Crippen LogP contribution in [0.25, 0.3) is 0 Å². The van der Waals surface area contributed by atoms with Crippen LogP contribution in [-0.4, -0.2) is 49.6 Å². The molecule has 3 N–H and O–H groups in total. The third-order valence-corrected chi connectivity index (χ3v) is 3.38. The Kier molecular flexibility index (Phi) is 7.50. The van der Waals surface area contributed by atoms with Crippen LogP contribution in [0.2, 0.25) is 0 Å². The maximum Gasteiger partial charge on any atom is 0.243 e. The topological polar surface area (TPSA) is 56.4 Å². The van der Waals surface area contributed by atoms with Gasteiger partial charge in [-0.3, -0.25) is 4.79 Å². The lowest BCUT2D eigenvalue weighted by molar-refractivity contribution is -0.115. The molecule has 0 saturated heterocycles. The molecule has 0 atom stereocenters. The minimum absolute atomic E-state index is 0.134. The number of carbonyl (C=O) groups is 1. The van der Waals surface area contributed by atoms with Crippen molar-refractivity contribution in [2.75, 3.05) is 39.0 Å². The van der Waals surface area contributed by atoms with Crippen LogP contribution in [-0.2, 0) is 4.79 Å². The van der Waals surface area contributed by atoms with Gasteiger partial charge < -0.3 is 20.9 Å². The first kappa shape index (κ1) is 16.9. The van der Waals surface area contributed by atoms with Gasteiger partial charge in [-0.15, -0.1) is 0 Å². The summed E-state index contributed by atoms with van der Waals surface area (Å²) in [4.78, 5) is 13.8. The summed E-state index contributed by atoms with van der Waals surface area (Å²) >= 11 is 8.46. The number of anilines is 1. The number of carbonyl (C=O) groups excluding carboxylic acids is 1. The zero-order chi connectivity index (χ0) is 15.0. The Balaban J connectivity index is 2.26. The van der Waals surface area contributed by atoms with Crippen molar-refractivity contribution in [1.82, 2.24) is 15.5 Å². The van der Waals surface area contributed by atoms with Crippen LogP contribution < -0.4 is 16.0 Å². The third kappa shape index (κ3) is 6.83. The molecule has 0 aliphatic heterocycles. The van der Waals surface area contributed by atoms with Crippen molar-refractivity contribution < 1.29 is 4.79 Å². The van der Waals surface area contributed by atoms with Crippen molar-refractivity contribution in [3.05, 3.63) is 28.7 Å². The first-order valence-corrected chi connectivity index (χ1v) is 7.40. The summed E-state index contributed by atoms with van der Waals surface area (Å²) in [5, 5.41) is 9.18. The fourth-order valence-electron chi connectivity index (χ4n) is 1.37. The molecule has 0 bridgehead atoms. The summed E-state index contributed by atoms with van der Waals surface area (Å²) in [6.07, 6.45) is 0. The molecular weight excluding hydrogens is 340 g/mol. The maximum absolute atomic E-state index is 11.8. The van der Waals surface area contributed by atoms with Crippen molar-refractivity contribution in [2.45, 2.75) is 0 Å². The van der Waals surface area contributed by atoms with E-state index in [9.17, 15) is 4.79 Å². The predicted octanol–water partition coefficient (Wildman–Crippen LogP) is 1.41. The monoisotopic (exact) mass is 358 g/mol. The summed E-state index contributed by atoms with van der Waals surface area (Å²) in [5.74, 6) is -0.145. The number of para-hydroxylation sites is 1. The smallest absolute Gasteiger partial charge is 0.243 e. The first-order valence-electron chi connectivity index (χ1n) is 6.20. The van der Waals surface area contributed by atoms with Gasteiger partial charge in [0.1, 0.15) is 0 Å². The van der Waals surface area contributed by atoms with E-state index in [2.05, 4.69) is 36.8 Å². The molecule has 1 aromatic rings. The average Bonchev–Trinajstić information content (AvgIpc) is 2.39. The van der Waals surface area contributed by atoms with Gasteiger partial charge in [0.05, 0.1) is 12.2 Å². The average molecular weight is 359 g/mol. The van der Waals surface area contributed by atoms with E-state index in [-0.39, 0.29) is 12.5 Å². The molecule has 1 amide bonds. The van der Waals surface area contributed by atoms with Crippen LogP contribution in [0.5, 0.6) is 0 Å². The largest absolute Gasteiger partial charge is 0.361 e. The normalized spacial score (nSPS) is 10.2. The molecule has 0 aliphatic rings. The van der Waals surface area contributed by atoms with Crippen molar-refractivity contribution in [1.29, 1.82) is 0 Å². The van der Waals surface area contributed by atoms with Crippen molar-refractivity contribution in [3.8, 4) is 0 Å². The molecule has 0 spiro atoms. The molecule has 1 aromatic carbocycles. The summed E-state index contributed by atoms with van der Waals surface area (Å²) in [6.45, 7) is 1.75. The van der Waals surface area contributed by atoms with Gasteiger partial charge in [-0.05, 0) is 54.4 Å². The van der Waals surface area contributed by atoms with Crippen molar-refractivity contribution >= 4 is 44.9 Å². The van der Waals surface area contributed by atoms with Gasteiger partial charge in [0.15, 0.2) is 5.11 Å². The highest BCUT2D eigenvalue weighted by Crippen LogP contribution is 2.20. The van der Waals surface area contributed by atoms with Gasteiger partial charge in [-0.1, -0.05) is 12.1 Å². The Hall–Kier alpha value is -1.18. The molecule has 0 heterocycles. The number of benzene rings is 1. The van der Waals surface area contributed by atoms with Gasteiger partial charge in [-0.2, -0.15) is 0 Å². The lowest BCUT2D eigenvalue weighted by Crippen LogP contribution is -2.42. The number of amides is 1. The number of thiocarbonyl (C=S) groups is 1. The SMILES string of the molecule is CN(C)CCNC(=S)NCC(=O)Nc1ccccc1Br. The molecule has 0 unspecified atom stereocenters. The lowest BCUT2D eigenvalue weighted by Gasteiger charge is -2.13. The number of halogens is 1. The van der Waals surface area contributed by atoms with Crippen molar-refractivity contribution in [3.63, 3.8) is 0 Å². The standard InChI is InChI=1S/C13H19BrN4OS/c1-18(2)8-7-15-13(20)16-9-12(19)17-11-6-4-3-5-10(11)14/h3-6H,7-9H2,1-2H3,(H,17,19)(H2,15,16,20). The summed E-state index contributed by atoms with van der Waals surface area (Å²) < 4.78 is 0.847. The van der Waals surface area contributed by atoms with Crippen LogP contribution in [0.15, 0.2) is 28.7 Å². The zero-order valence-corrected chi connectivity index (χ0v) is 14.0. The summed E-state index contributed by atoms with van der Waals surface area (Å²) in [6, 6.07) is 7.45. The van der Waals surface area contributed by atoms with Gasteiger partial charge in [0.25, 0.3) is 0 Å². The minimum Gasteiger partial charge on any atom is -0.361 e. The summed E-state index contributed by atoms with van der Waals surface area (Å²) in [5.41, 5.74) is 0.741. The molecular formula is C13H19BrN4OS. The van der Waals surface area contributed by atoms with E-state index in [1.807, 2.05) is 38.4 Å². The Morgan fingerprint density at radius 2 is 2.00 bits per heavy atom. The molecule has 0 radical (unpaired) electrons. The minimum atomic E-state index is -0.145. The summed E-state index contributed by atoms with van der Waals surface area (Å²) in [7, 11) is 3.98. The molecule has 5 nitrogen and oxygen atoms in total. The molecule has 20 heavy (non-hydrogen) atoms. The van der Waals surface area contributed by atoms with Gasteiger partial charge in [0.2, 0.25) is 5.91 Å². The van der Waals surface area contributed by atoms with Gasteiger partial charge >= 0.3 is 0 Å². The maximum atomic E-state index is 11.8. The second-order valence-corrected chi connectivity index (χ2v) is 5.70. The quantitative estimate of drug-likeness (QED) is 0.671. The molecule has 0 saturated carbocycles. The number of rotatable bonds is 6. The fraction of sp³-hybridized carbons (Fsp3) is 0.385. The number of hydrogen-bond donors (Lipinski definition) is 3. The third-order valence-electron chi connectivity index (χ3n) is 2.40. The number of nitrogens with zero attached hydrogens (tertiary/aromatic N) is 1. The Labute approximate surface area is 133 Å². The van der Waals surface area contributed by atoms with E-state index in [0.29, 0.717) is 5.11 Å². The van der Waals surface area contributed by atoms with E-state index in [1.165, 1.54) is 0 Å². The van der Waals surface area contributed by atoms with Gasteiger partial charge in [-0.25, -0.2) is 0 Å². The lowest BCUT2D eigenvalue weighted by atomic mass is 10.3. The van der Waals surface area contributed by atoms with E-state index < -0.39 is 0 Å². The fourth-order valence-corrected chi connectivity index (χ4v) is 1.93. The second-order valence-electron chi connectivity index (χ2n) is 4.44. The van der Waals surface area contributed by atoms with Crippen LogP contribution in [0.4, 0.5) is 5.69 Å². The molecule has 110 valence electrons. The predicted molar refractivity (Wildman–Crippen MR) is 89.9 cm³/mol. The highest BCUT2D eigenvalue weighted by atomic mass is 79.9. The molecule has 0 aromatic heterocycles. The molecule has 7 heteroatoms. The first-order chi connectivity index (χ1) is 9.49. The van der Waals surface area contributed by atoms with Gasteiger partial charge in [0, 0.05) is 17.6 Å². The Bertz CT molecular complexity index is 467. The highest BCUT2D eigenvalue weighted by Gasteiger charge is 2.05. The van der Waals surface area contributed by atoms with Crippen molar-refractivity contribution in [2.24, 2.45) is 0 Å². The van der Waals surface area contributed by atoms with E-state index in [1.54, 1.807) is 0 Å². The molecule has 1 rings (SSSR count). The number of likely N-dealkylation sites (N-methyl/N-ethyl adjacent to an activating group) is 1. The highest BCUT2D eigenvalue weighted by molar-refractivity contribution is 9.10. The van der Waals surface area contributed by atoms with Crippen LogP contribution in [0, 0.1) is 0 Å². The van der Waals surface area contributed by atoms with Crippen LogP contribution in [0.1, 0.15) is 0 Å². The molecule has 0 aliphatic carbocycles. The van der Waals surface area contributed by atoms with E-state index in [0.717, 1.165) is 23.2 Å². The van der Waals surface area contributed by atoms with Crippen LogP contribution >= 0.6 is 28.1 Å². The Morgan fingerprint density at radius 1 is 1.30 bits per heavy atom. The number of hydrogen-bond acceptors (Lipinski definition) is 3. The van der Waals surface area contributed by atoms with Crippen LogP contribution in [0.3, 0.4) is 0 Å². The Morgan fingerprint density at radius 3 is 2.65 bits per heavy atom. The van der Waals surface area contributed by atoms with E-state index >= 15 is 0 Å².